The van der Waals surface area contributed by atoms with Crippen molar-refractivity contribution in [3.05, 3.63) is 18.0 Å². The molecule has 1 N–H and O–H groups in total. The third-order valence-corrected chi connectivity index (χ3v) is 4.44. The van der Waals surface area contributed by atoms with Crippen LogP contribution in [0.1, 0.15) is 43.7 Å². The number of hydrogen-bond donors (Lipinski definition) is 1. The monoisotopic (exact) mass is 348 g/mol. The van der Waals surface area contributed by atoms with Gasteiger partial charge in [-0.3, -0.25) is 9.48 Å². The lowest BCUT2D eigenvalue weighted by Crippen LogP contribution is -2.42. The highest BCUT2D eigenvalue weighted by atomic mass is 35.5. The second kappa shape index (κ2) is 8.75. The molecule has 0 radical (unpaired) electrons. The van der Waals surface area contributed by atoms with E-state index in [-0.39, 0.29) is 24.8 Å². The molecule has 5 nitrogen and oxygen atoms in total. The number of piperidine rings is 1. The first kappa shape index (κ1) is 19.3. The molecule has 2 saturated heterocycles. The van der Waals surface area contributed by atoms with Gasteiger partial charge in [0.2, 0.25) is 5.91 Å². The van der Waals surface area contributed by atoms with Crippen molar-refractivity contribution in [2.24, 2.45) is 0 Å². The quantitative estimate of drug-likeness (QED) is 0.911. The van der Waals surface area contributed by atoms with Gasteiger partial charge in [0.1, 0.15) is 0 Å². The number of nitrogens with zero attached hydrogens (tertiary/aromatic N) is 3. The molecule has 2 aliphatic rings. The van der Waals surface area contributed by atoms with Gasteiger partial charge < -0.3 is 10.2 Å². The van der Waals surface area contributed by atoms with Crippen molar-refractivity contribution in [3.8, 4) is 0 Å². The van der Waals surface area contributed by atoms with E-state index in [1.54, 1.807) is 0 Å². The SMILES string of the molecule is Cc1cnn(C2CCCN(C(=O)CC3CCCN3)C2)c1.Cl.Cl. The van der Waals surface area contributed by atoms with Crippen LogP contribution in [0.15, 0.2) is 12.4 Å². The maximum absolute atomic E-state index is 12.4. The molecule has 1 aromatic rings. The van der Waals surface area contributed by atoms with Gasteiger partial charge in [0, 0.05) is 31.7 Å². The van der Waals surface area contributed by atoms with Gasteiger partial charge in [-0.2, -0.15) is 5.10 Å². The van der Waals surface area contributed by atoms with Crippen molar-refractivity contribution in [2.75, 3.05) is 19.6 Å². The predicted molar refractivity (Wildman–Crippen MR) is 92.0 cm³/mol. The number of likely N-dealkylation sites (tertiary alicyclic amines) is 1. The number of rotatable bonds is 3. The molecule has 3 rings (SSSR count). The average molecular weight is 349 g/mol. The Balaban J connectivity index is 0.00000121. The molecule has 0 bridgehead atoms. The van der Waals surface area contributed by atoms with E-state index in [0.717, 1.165) is 38.9 Å². The van der Waals surface area contributed by atoms with Crippen LogP contribution in [0.2, 0.25) is 0 Å². The molecule has 1 amide bonds. The van der Waals surface area contributed by atoms with Gasteiger partial charge in [0.05, 0.1) is 12.2 Å². The lowest BCUT2D eigenvalue weighted by atomic mass is 10.0. The van der Waals surface area contributed by atoms with Crippen LogP contribution >= 0.6 is 24.8 Å². The first-order chi connectivity index (χ1) is 9.72. The number of hydrogen-bond acceptors (Lipinski definition) is 3. The van der Waals surface area contributed by atoms with Gasteiger partial charge in [0.25, 0.3) is 0 Å². The summed E-state index contributed by atoms with van der Waals surface area (Å²) >= 11 is 0. The van der Waals surface area contributed by atoms with E-state index in [2.05, 4.69) is 23.5 Å². The minimum Gasteiger partial charge on any atom is -0.341 e. The Morgan fingerprint density at radius 3 is 2.82 bits per heavy atom. The molecule has 2 fully saturated rings. The number of carbonyl (C=O) groups is 1. The van der Waals surface area contributed by atoms with E-state index in [4.69, 9.17) is 0 Å². The Bertz CT molecular complexity index is 474. The van der Waals surface area contributed by atoms with Gasteiger partial charge in [-0.05, 0) is 44.7 Å². The third kappa shape index (κ3) is 4.61. The second-order valence-corrected chi connectivity index (χ2v) is 6.13. The summed E-state index contributed by atoms with van der Waals surface area (Å²) in [6.45, 7) is 4.84. The molecular formula is C15H26Cl2N4O. The standard InChI is InChI=1S/C15H24N4O.2ClH/c1-12-9-17-19(10-12)14-5-3-7-18(11-14)15(20)8-13-4-2-6-16-13;;/h9-10,13-14,16H,2-8,11H2,1H3;2*1H. The van der Waals surface area contributed by atoms with Crippen molar-refractivity contribution >= 4 is 30.7 Å². The van der Waals surface area contributed by atoms with E-state index in [1.807, 2.05) is 15.8 Å². The first-order valence-electron chi connectivity index (χ1n) is 7.74. The molecule has 0 spiro atoms. The topological polar surface area (TPSA) is 50.2 Å². The van der Waals surface area contributed by atoms with Crippen LogP contribution < -0.4 is 5.32 Å². The Morgan fingerprint density at radius 1 is 1.36 bits per heavy atom. The Labute approximate surface area is 144 Å². The van der Waals surface area contributed by atoms with Crippen molar-refractivity contribution in [1.82, 2.24) is 20.0 Å². The van der Waals surface area contributed by atoms with Crippen molar-refractivity contribution in [1.29, 1.82) is 0 Å². The van der Waals surface area contributed by atoms with Gasteiger partial charge in [-0.1, -0.05) is 0 Å². The molecule has 2 aliphatic heterocycles. The van der Waals surface area contributed by atoms with Crippen LogP contribution in [-0.2, 0) is 4.79 Å². The zero-order valence-corrected chi connectivity index (χ0v) is 14.7. The number of nitrogens with one attached hydrogen (secondary N) is 1. The molecule has 0 aromatic carbocycles. The van der Waals surface area contributed by atoms with Crippen LogP contribution in [0, 0.1) is 6.92 Å². The molecule has 2 unspecified atom stereocenters. The Kier molecular flexibility index (Phi) is 7.66. The van der Waals surface area contributed by atoms with E-state index in [9.17, 15) is 4.79 Å². The molecule has 126 valence electrons. The van der Waals surface area contributed by atoms with Gasteiger partial charge in [-0.15, -0.1) is 24.8 Å². The summed E-state index contributed by atoms with van der Waals surface area (Å²) in [7, 11) is 0. The summed E-state index contributed by atoms with van der Waals surface area (Å²) in [5.41, 5.74) is 1.18. The van der Waals surface area contributed by atoms with Crippen LogP contribution in [0.3, 0.4) is 0 Å². The van der Waals surface area contributed by atoms with Crippen molar-refractivity contribution in [2.45, 2.75) is 51.1 Å². The molecule has 22 heavy (non-hydrogen) atoms. The van der Waals surface area contributed by atoms with Crippen molar-refractivity contribution < 1.29 is 4.79 Å². The summed E-state index contributed by atoms with van der Waals surface area (Å²) in [6, 6.07) is 0.743. The summed E-state index contributed by atoms with van der Waals surface area (Å²) in [4.78, 5) is 14.4. The summed E-state index contributed by atoms with van der Waals surface area (Å²) in [5, 5.41) is 7.81. The number of carbonyl (C=O) groups excluding carboxylic acids is 1. The zero-order chi connectivity index (χ0) is 13.9. The molecule has 0 saturated carbocycles. The van der Waals surface area contributed by atoms with E-state index in [1.165, 1.54) is 12.0 Å². The fourth-order valence-corrected chi connectivity index (χ4v) is 3.30. The molecule has 0 aliphatic carbocycles. The highest BCUT2D eigenvalue weighted by Gasteiger charge is 2.27. The molecule has 2 atom stereocenters. The third-order valence-electron chi connectivity index (χ3n) is 4.44. The zero-order valence-electron chi connectivity index (χ0n) is 13.0. The van der Waals surface area contributed by atoms with Gasteiger partial charge >= 0.3 is 0 Å². The maximum Gasteiger partial charge on any atom is 0.224 e. The lowest BCUT2D eigenvalue weighted by Gasteiger charge is -2.33. The first-order valence-corrected chi connectivity index (χ1v) is 7.74. The average Bonchev–Trinajstić information content (AvgIpc) is 3.10. The molecule has 3 heterocycles. The predicted octanol–water partition coefficient (Wildman–Crippen LogP) is 2.34. The van der Waals surface area contributed by atoms with E-state index in [0.29, 0.717) is 24.4 Å². The van der Waals surface area contributed by atoms with Crippen LogP contribution in [0.5, 0.6) is 0 Å². The summed E-state index contributed by atoms with van der Waals surface area (Å²) in [6.07, 6.45) is 9.17. The van der Waals surface area contributed by atoms with Crippen LogP contribution in [-0.4, -0.2) is 46.3 Å². The van der Waals surface area contributed by atoms with Crippen LogP contribution in [0.4, 0.5) is 0 Å². The number of halogens is 2. The highest BCUT2D eigenvalue weighted by Crippen LogP contribution is 2.22. The van der Waals surface area contributed by atoms with Crippen molar-refractivity contribution in [3.63, 3.8) is 0 Å². The molecule has 1 aromatic heterocycles. The fraction of sp³-hybridized carbons (Fsp3) is 0.733. The maximum atomic E-state index is 12.4. The highest BCUT2D eigenvalue weighted by molar-refractivity contribution is 5.85. The number of amides is 1. The second-order valence-electron chi connectivity index (χ2n) is 6.13. The van der Waals surface area contributed by atoms with Gasteiger partial charge in [0.15, 0.2) is 0 Å². The van der Waals surface area contributed by atoms with Gasteiger partial charge in [-0.25, -0.2) is 0 Å². The molecule has 7 heteroatoms. The lowest BCUT2D eigenvalue weighted by molar-refractivity contribution is -0.133. The number of aryl methyl sites for hydroxylation is 1. The molecular weight excluding hydrogens is 323 g/mol. The Hall–Kier alpha value is -0.780. The largest absolute Gasteiger partial charge is 0.341 e. The van der Waals surface area contributed by atoms with E-state index >= 15 is 0 Å². The van der Waals surface area contributed by atoms with Crippen LogP contribution in [0.25, 0.3) is 0 Å². The minimum atomic E-state index is 0. The smallest absolute Gasteiger partial charge is 0.224 e. The summed E-state index contributed by atoms with van der Waals surface area (Å²) < 4.78 is 2.03. The van der Waals surface area contributed by atoms with E-state index < -0.39 is 0 Å². The number of aromatic nitrogens is 2. The minimum absolute atomic E-state index is 0. The Morgan fingerprint density at radius 2 is 2.18 bits per heavy atom. The fourth-order valence-electron chi connectivity index (χ4n) is 3.30. The normalized spacial score (nSPS) is 24.5. The summed E-state index contributed by atoms with van der Waals surface area (Å²) in [5.74, 6) is 0.304.